The van der Waals surface area contributed by atoms with Crippen LogP contribution in [-0.2, 0) is 4.74 Å². The van der Waals surface area contributed by atoms with Crippen LogP contribution in [0.15, 0.2) is 18.3 Å². The summed E-state index contributed by atoms with van der Waals surface area (Å²) in [4.78, 5) is 17.8. The number of carbonyl (C=O) groups is 1. The third kappa shape index (κ3) is 3.51. The molecule has 0 unspecified atom stereocenters. The van der Waals surface area contributed by atoms with Gasteiger partial charge < -0.3 is 19.5 Å². The third-order valence-corrected chi connectivity index (χ3v) is 3.94. The number of ether oxygens (including phenoxy) is 2. The third-order valence-electron chi connectivity index (χ3n) is 3.94. The second kappa shape index (κ2) is 6.41. The van der Waals surface area contributed by atoms with Crippen LogP contribution in [0, 0.1) is 5.92 Å². The summed E-state index contributed by atoms with van der Waals surface area (Å²) in [5.41, 5.74) is 0.528. The average molecular weight is 292 g/mol. The van der Waals surface area contributed by atoms with Gasteiger partial charge in [-0.1, -0.05) is 0 Å². The van der Waals surface area contributed by atoms with Crippen molar-refractivity contribution in [2.24, 2.45) is 5.92 Å². The van der Waals surface area contributed by atoms with Crippen LogP contribution in [0.5, 0.6) is 5.88 Å². The Labute approximate surface area is 123 Å². The van der Waals surface area contributed by atoms with Gasteiger partial charge >= 0.3 is 0 Å². The maximum absolute atomic E-state index is 12.0. The SMILES string of the molecule is O=C(c1ccc(OCC2CCOCC2)nc1)N1CC(O)C1. The zero-order valence-corrected chi connectivity index (χ0v) is 11.9. The van der Waals surface area contributed by atoms with E-state index >= 15 is 0 Å². The molecule has 0 aliphatic carbocycles. The minimum absolute atomic E-state index is 0.0937. The molecule has 1 amide bonds. The van der Waals surface area contributed by atoms with Crippen LogP contribution >= 0.6 is 0 Å². The van der Waals surface area contributed by atoms with Crippen molar-refractivity contribution in [3.8, 4) is 5.88 Å². The van der Waals surface area contributed by atoms with Crippen LogP contribution in [0.2, 0.25) is 0 Å². The fourth-order valence-corrected chi connectivity index (χ4v) is 2.51. The van der Waals surface area contributed by atoms with Crippen LogP contribution in [0.1, 0.15) is 23.2 Å². The van der Waals surface area contributed by atoms with E-state index < -0.39 is 0 Å². The predicted molar refractivity (Wildman–Crippen MR) is 75.2 cm³/mol. The highest BCUT2D eigenvalue weighted by molar-refractivity contribution is 5.94. The summed E-state index contributed by atoms with van der Waals surface area (Å²) < 4.78 is 11.0. The highest BCUT2D eigenvalue weighted by Gasteiger charge is 2.29. The highest BCUT2D eigenvalue weighted by atomic mass is 16.5. The Morgan fingerprint density at radius 2 is 2.14 bits per heavy atom. The van der Waals surface area contributed by atoms with Gasteiger partial charge in [-0.05, 0) is 24.8 Å². The molecule has 1 aromatic rings. The Kier molecular flexibility index (Phi) is 4.36. The van der Waals surface area contributed by atoms with E-state index in [-0.39, 0.29) is 12.0 Å². The molecule has 2 aliphatic rings. The van der Waals surface area contributed by atoms with E-state index in [9.17, 15) is 9.90 Å². The molecular formula is C15H20N2O4. The molecule has 0 saturated carbocycles. The lowest BCUT2D eigenvalue weighted by Crippen LogP contribution is -2.53. The lowest BCUT2D eigenvalue weighted by Gasteiger charge is -2.35. The zero-order chi connectivity index (χ0) is 14.7. The summed E-state index contributed by atoms with van der Waals surface area (Å²) in [6.07, 6.45) is 3.19. The molecule has 2 saturated heterocycles. The van der Waals surface area contributed by atoms with Crippen molar-refractivity contribution in [2.75, 3.05) is 32.9 Å². The quantitative estimate of drug-likeness (QED) is 0.884. The van der Waals surface area contributed by atoms with Crippen molar-refractivity contribution in [2.45, 2.75) is 18.9 Å². The number of nitrogens with zero attached hydrogens (tertiary/aromatic N) is 2. The smallest absolute Gasteiger partial charge is 0.255 e. The maximum Gasteiger partial charge on any atom is 0.255 e. The average Bonchev–Trinajstić information content (AvgIpc) is 2.51. The first-order valence-corrected chi connectivity index (χ1v) is 7.36. The Morgan fingerprint density at radius 3 is 2.76 bits per heavy atom. The van der Waals surface area contributed by atoms with E-state index in [2.05, 4.69) is 4.98 Å². The molecule has 0 bridgehead atoms. The predicted octanol–water partition coefficient (Wildman–Crippen LogP) is 0.704. The molecule has 0 atom stereocenters. The van der Waals surface area contributed by atoms with Crippen LogP contribution in [0.25, 0.3) is 0 Å². The van der Waals surface area contributed by atoms with E-state index in [0.717, 1.165) is 26.1 Å². The molecule has 2 aliphatic heterocycles. The molecule has 6 heteroatoms. The van der Waals surface area contributed by atoms with Gasteiger partial charge in [0.15, 0.2) is 0 Å². The number of aliphatic hydroxyl groups is 1. The van der Waals surface area contributed by atoms with E-state index in [1.165, 1.54) is 6.20 Å². The van der Waals surface area contributed by atoms with E-state index in [4.69, 9.17) is 9.47 Å². The minimum atomic E-state index is -0.385. The Hall–Kier alpha value is -1.66. The van der Waals surface area contributed by atoms with Gasteiger partial charge in [0.2, 0.25) is 5.88 Å². The Bertz CT molecular complexity index is 479. The van der Waals surface area contributed by atoms with Crippen LogP contribution in [-0.4, -0.2) is 59.9 Å². The van der Waals surface area contributed by atoms with Crippen LogP contribution < -0.4 is 4.74 Å². The summed E-state index contributed by atoms with van der Waals surface area (Å²) in [5.74, 6) is 0.967. The van der Waals surface area contributed by atoms with E-state index in [1.807, 2.05) is 0 Å². The number of hydrogen-bond acceptors (Lipinski definition) is 5. The van der Waals surface area contributed by atoms with Gasteiger partial charge in [0.1, 0.15) is 0 Å². The number of aliphatic hydroxyl groups excluding tert-OH is 1. The maximum atomic E-state index is 12.0. The largest absolute Gasteiger partial charge is 0.477 e. The molecule has 3 heterocycles. The summed E-state index contributed by atoms with van der Waals surface area (Å²) >= 11 is 0. The van der Waals surface area contributed by atoms with Gasteiger partial charge in [0.05, 0.1) is 18.3 Å². The lowest BCUT2D eigenvalue weighted by atomic mass is 10.0. The normalized spacial score (nSPS) is 20.1. The molecule has 1 N–H and O–H groups in total. The van der Waals surface area contributed by atoms with Gasteiger partial charge in [-0.3, -0.25) is 4.79 Å². The van der Waals surface area contributed by atoms with E-state index in [0.29, 0.717) is 37.1 Å². The van der Waals surface area contributed by atoms with Gasteiger partial charge in [-0.25, -0.2) is 4.98 Å². The van der Waals surface area contributed by atoms with Crippen LogP contribution in [0.3, 0.4) is 0 Å². The molecule has 2 fully saturated rings. The van der Waals surface area contributed by atoms with Gasteiger partial charge in [-0.2, -0.15) is 0 Å². The molecule has 21 heavy (non-hydrogen) atoms. The minimum Gasteiger partial charge on any atom is -0.477 e. The van der Waals surface area contributed by atoms with Crippen molar-refractivity contribution in [1.29, 1.82) is 0 Å². The fourth-order valence-electron chi connectivity index (χ4n) is 2.51. The Morgan fingerprint density at radius 1 is 1.38 bits per heavy atom. The molecule has 0 aromatic carbocycles. The number of rotatable bonds is 4. The second-order valence-corrected chi connectivity index (χ2v) is 5.62. The molecule has 0 spiro atoms. The second-order valence-electron chi connectivity index (χ2n) is 5.62. The first-order chi connectivity index (χ1) is 10.2. The van der Waals surface area contributed by atoms with Crippen molar-refractivity contribution >= 4 is 5.91 Å². The number of likely N-dealkylation sites (tertiary alicyclic amines) is 1. The van der Waals surface area contributed by atoms with Gasteiger partial charge in [-0.15, -0.1) is 0 Å². The van der Waals surface area contributed by atoms with Crippen molar-refractivity contribution in [3.63, 3.8) is 0 Å². The van der Waals surface area contributed by atoms with E-state index in [1.54, 1.807) is 17.0 Å². The first kappa shape index (κ1) is 14.3. The standard InChI is InChI=1S/C15H20N2O4/c18-13-8-17(9-13)15(19)12-1-2-14(16-7-12)21-10-11-3-5-20-6-4-11/h1-2,7,11,13,18H,3-6,8-10H2. The molecule has 3 rings (SSSR count). The Balaban J connectivity index is 1.50. The van der Waals surface area contributed by atoms with Crippen molar-refractivity contribution in [3.05, 3.63) is 23.9 Å². The van der Waals surface area contributed by atoms with Gasteiger partial charge in [0, 0.05) is 38.6 Å². The summed E-state index contributed by atoms with van der Waals surface area (Å²) in [6, 6.07) is 3.45. The van der Waals surface area contributed by atoms with Crippen LogP contribution in [0.4, 0.5) is 0 Å². The number of pyridine rings is 1. The number of amides is 1. The van der Waals surface area contributed by atoms with Crippen molar-refractivity contribution < 1.29 is 19.4 Å². The molecule has 1 aromatic heterocycles. The molecule has 6 nitrogen and oxygen atoms in total. The molecule has 0 radical (unpaired) electrons. The summed E-state index contributed by atoms with van der Waals surface area (Å²) in [7, 11) is 0. The molecular weight excluding hydrogens is 272 g/mol. The number of β-amino-alcohol motifs (C(OH)–C–C–N with tert-alkyl or cyclic N) is 1. The monoisotopic (exact) mass is 292 g/mol. The lowest BCUT2D eigenvalue weighted by molar-refractivity contribution is 0.00585. The zero-order valence-electron chi connectivity index (χ0n) is 11.9. The number of hydrogen-bond donors (Lipinski definition) is 1. The molecule has 114 valence electrons. The summed E-state index contributed by atoms with van der Waals surface area (Å²) in [6.45, 7) is 3.05. The summed E-state index contributed by atoms with van der Waals surface area (Å²) in [5, 5.41) is 9.21. The van der Waals surface area contributed by atoms with Gasteiger partial charge in [0.25, 0.3) is 5.91 Å². The van der Waals surface area contributed by atoms with Crippen molar-refractivity contribution in [1.82, 2.24) is 9.88 Å². The number of carbonyl (C=O) groups excluding carboxylic acids is 1. The highest BCUT2D eigenvalue weighted by Crippen LogP contribution is 2.18. The topological polar surface area (TPSA) is 71.9 Å². The first-order valence-electron chi connectivity index (χ1n) is 7.36. The number of aromatic nitrogens is 1. The fraction of sp³-hybridized carbons (Fsp3) is 0.600.